The fourth-order valence-corrected chi connectivity index (χ4v) is 4.60. The van der Waals surface area contributed by atoms with Crippen molar-refractivity contribution in [1.29, 1.82) is 0 Å². The van der Waals surface area contributed by atoms with Gasteiger partial charge in [-0.3, -0.25) is 4.79 Å². The average Bonchev–Trinajstić information content (AvgIpc) is 3.15. The minimum absolute atomic E-state index is 0.000947. The number of thioether (sulfide) groups is 1. The second-order valence-electron chi connectivity index (χ2n) is 6.00. The molecule has 1 N–H and O–H groups in total. The van der Waals surface area contributed by atoms with Crippen molar-refractivity contribution in [3.8, 4) is 0 Å². The Morgan fingerprint density at radius 3 is 2.88 bits per heavy atom. The van der Waals surface area contributed by atoms with Crippen molar-refractivity contribution in [2.24, 2.45) is 0 Å². The number of benzene rings is 2. The van der Waals surface area contributed by atoms with E-state index in [1.165, 1.54) is 22.5 Å². The zero-order valence-electron chi connectivity index (χ0n) is 14.2. The van der Waals surface area contributed by atoms with E-state index in [2.05, 4.69) is 45.6 Å². The first-order valence-corrected chi connectivity index (χ1v) is 10.2. The summed E-state index contributed by atoms with van der Waals surface area (Å²) in [5.41, 5.74) is 2.03. The lowest BCUT2D eigenvalue weighted by Gasteiger charge is -2.15. The summed E-state index contributed by atoms with van der Waals surface area (Å²) in [6.45, 7) is 2.01. The monoisotopic (exact) mass is 379 g/mol. The molecule has 4 rings (SSSR count). The van der Waals surface area contributed by atoms with Crippen LogP contribution >= 0.6 is 23.1 Å². The molecule has 0 aliphatic carbocycles. The van der Waals surface area contributed by atoms with Gasteiger partial charge in [-0.05, 0) is 40.8 Å². The molecule has 0 radical (unpaired) electrons. The van der Waals surface area contributed by atoms with Crippen LogP contribution in [0.1, 0.15) is 18.5 Å². The second-order valence-corrected chi connectivity index (χ2v) is 7.88. The van der Waals surface area contributed by atoms with Crippen LogP contribution in [-0.4, -0.2) is 21.6 Å². The average molecular weight is 380 g/mol. The number of hydrogen-bond acceptors (Lipinski definition) is 5. The van der Waals surface area contributed by atoms with E-state index in [9.17, 15) is 4.79 Å². The lowest BCUT2D eigenvalue weighted by Crippen LogP contribution is -2.28. The molecule has 0 fully saturated rings. The Morgan fingerprint density at radius 1 is 1.15 bits per heavy atom. The van der Waals surface area contributed by atoms with Crippen LogP contribution in [-0.2, 0) is 4.79 Å². The number of fused-ring (bicyclic) bond motifs is 2. The van der Waals surface area contributed by atoms with E-state index in [1.807, 2.05) is 30.5 Å². The highest BCUT2D eigenvalue weighted by molar-refractivity contribution is 8.00. The number of carbonyl (C=O) groups is 1. The first-order valence-electron chi connectivity index (χ1n) is 8.30. The molecule has 2 heterocycles. The van der Waals surface area contributed by atoms with E-state index in [0.29, 0.717) is 5.75 Å². The van der Waals surface area contributed by atoms with Gasteiger partial charge in [0, 0.05) is 0 Å². The molecular formula is C20H17N3OS2. The number of aromatic nitrogens is 2. The third kappa shape index (κ3) is 3.57. The van der Waals surface area contributed by atoms with Gasteiger partial charge < -0.3 is 5.32 Å². The number of nitrogens with one attached hydrogen (secondary N) is 1. The van der Waals surface area contributed by atoms with E-state index in [0.717, 1.165) is 20.8 Å². The van der Waals surface area contributed by atoms with E-state index in [4.69, 9.17) is 0 Å². The van der Waals surface area contributed by atoms with Gasteiger partial charge in [-0.2, -0.15) is 0 Å². The Morgan fingerprint density at radius 2 is 2.00 bits per heavy atom. The van der Waals surface area contributed by atoms with Gasteiger partial charge >= 0.3 is 0 Å². The van der Waals surface area contributed by atoms with Gasteiger partial charge in [0.15, 0.2) is 0 Å². The summed E-state index contributed by atoms with van der Waals surface area (Å²) >= 11 is 3.05. The summed E-state index contributed by atoms with van der Waals surface area (Å²) in [5, 5.41) is 8.31. The van der Waals surface area contributed by atoms with Crippen molar-refractivity contribution in [3.63, 3.8) is 0 Å². The largest absolute Gasteiger partial charge is 0.349 e. The molecule has 1 unspecified atom stereocenters. The molecule has 2 aromatic heterocycles. The highest BCUT2D eigenvalue weighted by atomic mass is 32.2. The topological polar surface area (TPSA) is 54.9 Å². The molecule has 4 aromatic rings. The molecule has 26 heavy (non-hydrogen) atoms. The van der Waals surface area contributed by atoms with Gasteiger partial charge in [0.1, 0.15) is 11.4 Å². The second kappa shape index (κ2) is 7.43. The first kappa shape index (κ1) is 17.0. The van der Waals surface area contributed by atoms with Crippen LogP contribution in [0.15, 0.2) is 65.3 Å². The van der Waals surface area contributed by atoms with E-state index < -0.39 is 0 Å². The Kier molecular flexibility index (Phi) is 4.86. The number of rotatable bonds is 5. The number of thiophene rings is 1. The van der Waals surface area contributed by atoms with E-state index >= 15 is 0 Å². The van der Waals surface area contributed by atoms with Gasteiger partial charge in [0.25, 0.3) is 0 Å². The van der Waals surface area contributed by atoms with Crippen LogP contribution in [0.3, 0.4) is 0 Å². The minimum Gasteiger partial charge on any atom is -0.349 e. The van der Waals surface area contributed by atoms with Crippen molar-refractivity contribution in [1.82, 2.24) is 15.3 Å². The molecular weight excluding hydrogens is 362 g/mol. The van der Waals surface area contributed by atoms with Crippen LogP contribution in [0.4, 0.5) is 0 Å². The van der Waals surface area contributed by atoms with Gasteiger partial charge in [-0.25, -0.2) is 9.97 Å². The fourth-order valence-electron chi connectivity index (χ4n) is 2.85. The summed E-state index contributed by atoms with van der Waals surface area (Å²) in [7, 11) is 0. The molecule has 0 aliphatic rings. The Labute approximate surface area is 159 Å². The van der Waals surface area contributed by atoms with Gasteiger partial charge in [0.05, 0.1) is 22.0 Å². The standard InChI is InChI=1S/C20H17N3OS2/c1-13(15-7-6-14-4-2-3-5-16(14)10-15)23-18(24)11-26-20-19-17(8-9-25-19)21-12-22-20/h2-10,12-13H,11H2,1H3,(H,23,24). The quantitative estimate of drug-likeness (QED) is 0.399. The Balaban J connectivity index is 1.41. The molecule has 4 nitrogen and oxygen atoms in total. The van der Waals surface area contributed by atoms with Gasteiger partial charge in [-0.15, -0.1) is 11.3 Å². The van der Waals surface area contributed by atoms with Gasteiger partial charge in [-0.1, -0.05) is 48.2 Å². The van der Waals surface area contributed by atoms with Crippen LogP contribution < -0.4 is 5.32 Å². The van der Waals surface area contributed by atoms with Crippen molar-refractivity contribution >= 4 is 50.0 Å². The van der Waals surface area contributed by atoms with Crippen LogP contribution in [0.5, 0.6) is 0 Å². The van der Waals surface area contributed by atoms with Crippen LogP contribution in [0.25, 0.3) is 21.0 Å². The van der Waals surface area contributed by atoms with Crippen molar-refractivity contribution < 1.29 is 4.79 Å². The summed E-state index contributed by atoms with van der Waals surface area (Å²) < 4.78 is 1.04. The third-order valence-corrected chi connectivity index (χ3v) is 6.23. The van der Waals surface area contributed by atoms with Gasteiger partial charge in [0.2, 0.25) is 5.91 Å². The normalized spacial score (nSPS) is 12.3. The summed E-state index contributed by atoms with van der Waals surface area (Å²) in [6, 6.07) is 16.5. The van der Waals surface area contributed by atoms with Crippen LogP contribution in [0, 0.1) is 0 Å². The zero-order valence-corrected chi connectivity index (χ0v) is 15.8. The predicted octanol–water partition coefficient (Wildman–Crippen LogP) is 4.81. The van der Waals surface area contributed by atoms with E-state index in [1.54, 1.807) is 17.7 Å². The molecule has 1 amide bonds. The lowest BCUT2D eigenvalue weighted by molar-refractivity contribution is -0.119. The molecule has 1 atom stereocenters. The number of hydrogen-bond donors (Lipinski definition) is 1. The van der Waals surface area contributed by atoms with Crippen molar-refractivity contribution in [2.75, 3.05) is 5.75 Å². The molecule has 2 aromatic carbocycles. The minimum atomic E-state index is -0.0418. The number of amides is 1. The molecule has 0 saturated heterocycles. The van der Waals surface area contributed by atoms with E-state index in [-0.39, 0.29) is 11.9 Å². The SMILES string of the molecule is CC(NC(=O)CSc1ncnc2ccsc12)c1ccc2ccccc2c1. The summed E-state index contributed by atoms with van der Waals surface area (Å²) in [4.78, 5) is 20.9. The highest BCUT2D eigenvalue weighted by Gasteiger charge is 2.12. The Hall–Kier alpha value is -2.44. The predicted molar refractivity (Wildman–Crippen MR) is 109 cm³/mol. The Bertz CT molecular complexity index is 1080. The number of carbonyl (C=O) groups excluding carboxylic acids is 1. The number of nitrogens with zero attached hydrogens (tertiary/aromatic N) is 2. The zero-order chi connectivity index (χ0) is 17.9. The molecule has 0 spiro atoms. The highest BCUT2D eigenvalue weighted by Crippen LogP contribution is 2.28. The summed E-state index contributed by atoms with van der Waals surface area (Å²) in [5.74, 6) is 0.334. The van der Waals surface area contributed by atoms with Crippen LogP contribution in [0.2, 0.25) is 0 Å². The molecule has 0 aliphatic heterocycles. The maximum atomic E-state index is 12.4. The summed E-state index contributed by atoms with van der Waals surface area (Å²) in [6.07, 6.45) is 1.55. The first-order chi connectivity index (χ1) is 12.7. The molecule has 0 bridgehead atoms. The third-order valence-electron chi connectivity index (χ3n) is 4.20. The molecule has 6 heteroatoms. The molecule has 130 valence electrons. The smallest absolute Gasteiger partial charge is 0.230 e. The maximum absolute atomic E-state index is 12.4. The fraction of sp³-hybridized carbons (Fsp3) is 0.150. The maximum Gasteiger partial charge on any atom is 0.230 e. The lowest BCUT2D eigenvalue weighted by atomic mass is 10.0. The van der Waals surface area contributed by atoms with Crippen molar-refractivity contribution in [2.45, 2.75) is 18.0 Å². The van der Waals surface area contributed by atoms with Crippen molar-refractivity contribution in [3.05, 3.63) is 65.8 Å². The molecule has 0 saturated carbocycles.